The molecule has 0 fully saturated rings. The highest BCUT2D eigenvalue weighted by atomic mass is 79.9. The van der Waals surface area contributed by atoms with Gasteiger partial charge in [0.05, 0.1) is 0 Å². The first kappa shape index (κ1) is 9.35. The van der Waals surface area contributed by atoms with Crippen LogP contribution < -0.4 is 0 Å². The number of nitrogens with zero attached hydrogens (tertiary/aromatic N) is 2. The van der Waals surface area contributed by atoms with Crippen LogP contribution >= 0.6 is 27.3 Å². The summed E-state index contributed by atoms with van der Waals surface area (Å²) in [4.78, 5) is 14.7. The van der Waals surface area contributed by atoms with Gasteiger partial charge in [-0.3, -0.25) is 5.10 Å². The Morgan fingerprint density at radius 3 is 2.86 bits per heavy atom. The number of H-pyrrole nitrogens is 1. The SMILES string of the molecule is O=C(O)c1cc(-c2csc(Br)n2)n[nH]1. The molecule has 0 saturated carbocycles. The summed E-state index contributed by atoms with van der Waals surface area (Å²) >= 11 is 4.64. The predicted octanol–water partition coefficient (Wildman–Crippen LogP) is 1.99. The maximum Gasteiger partial charge on any atom is 0.353 e. The molecule has 7 heteroatoms. The van der Waals surface area contributed by atoms with Gasteiger partial charge in [0.2, 0.25) is 0 Å². The molecular weight excluding hydrogens is 270 g/mol. The third-order valence-corrected chi connectivity index (χ3v) is 2.91. The molecule has 0 aliphatic heterocycles. The van der Waals surface area contributed by atoms with Crippen LogP contribution in [0, 0.1) is 0 Å². The van der Waals surface area contributed by atoms with Crippen LogP contribution in [0.3, 0.4) is 0 Å². The van der Waals surface area contributed by atoms with E-state index in [9.17, 15) is 4.79 Å². The monoisotopic (exact) mass is 273 g/mol. The highest BCUT2D eigenvalue weighted by Crippen LogP contribution is 2.23. The number of hydrogen-bond acceptors (Lipinski definition) is 4. The molecule has 0 bridgehead atoms. The summed E-state index contributed by atoms with van der Waals surface area (Å²) in [6.07, 6.45) is 0. The number of thiazole rings is 1. The normalized spacial score (nSPS) is 10.4. The zero-order chi connectivity index (χ0) is 10.1. The molecule has 0 atom stereocenters. The summed E-state index contributed by atoms with van der Waals surface area (Å²) in [5.74, 6) is -1.03. The van der Waals surface area contributed by atoms with Crippen molar-refractivity contribution in [2.45, 2.75) is 0 Å². The van der Waals surface area contributed by atoms with E-state index in [4.69, 9.17) is 5.11 Å². The van der Waals surface area contributed by atoms with Gasteiger partial charge in [-0.05, 0) is 15.9 Å². The van der Waals surface area contributed by atoms with Crippen molar-refractivity contribution in [3.8, 4) is 11.4 Å². The fraction of sp³-hybridized carbons (Fsp3) is 0. The van der Waals surface area contributed by atoms with Crippen LogP contribution in [0.25, 0.3) is 11.4 Å². The minimum absolute atomic E-state index is 0.0594. The summed E-state index contributed by atoms with van der Waals surface area (Å²) in [5, 5.41) is 16.7. The first-order valence-corrected chi connectivity index (χ1v) is 5.24. The first-order valence-electron chi connectivity index (χ1n) is 3.57. The Hall–Kier alpha value is -1.21. The highest BCUT2D eigenvalue weighted by molar-refractivity contribution is 9.11. The molecule has 0 unspecified atom stereocenters. The fourth-order valence-corrected chi connectivity index (χ4v) is 1.94. The highest BCUT2D eigenvalue weighted by Gasteiger charge is 2.10. The second-order valence-corrected chi connectivity index (χ2v) is 4.59. The van der Waals surface area contributed by atoms with Crippen molar-refractivity contribution in [1.29, 1.82) is 0 Å². The zero-order valence-corrected chi connectivity index (χ0v) is 9.09. The Balaban J connectivity index is 2.38. The number of nitrogens with one attached hydrogen (secondary N) is 1. The van der Waals surface area contributed by atoms with Crippen molar-refractivity contribution in [2.24, 2.45) is 0 Å². The summed E-state index contributed by atoms with van der Waals surface area (Å²) in [6.45, 7) is 0. The Bertz CT molecular complexity index is 479. The van der Waals surface area contributed by atoms with E-state index in [1.807, 2.05) is 0 Å². The average Bonchev–Trinajstić information content (AvgIpc) is 2.70. The number of aromatic amines is 1. The van der Waals surface area contributed by atoms with E-state index >= 15 is 0 Å². The molecule has 0 saturated heterocycles. The summed E-state index contributed by atoms with van der Waals surface area (Å²) in [5.41, 5.74) is 1.25. The molecule has 14 heavy (non-hydrogen) atoms. The lowest BCUT2D eigenvalue weighted by molar-refractivity contribution is 0.0690. The number of aromatic nitrogens is 3. The molecule has 0 amide bonds. The van der Waals surface area contributed by atoms with Crippen molar-refractivity contribution in [3.05, 3.63) is 21.1 Å². The topological polar surface area (TPSA) is 78.9 Å². The average molecular weight is 274 g/mol. The summed E-state index contributed by atoms with van der Waals surface area (Å²) in [7, 11) is 0. The van der Waals surface area contributed by atoms with Crippen LogP contribution in [0.1, 0.15) is 10.5 Å². The van der Waals surface area contributed by atoms with Crippen molar-refractivity contribution in [2.75, 3.05) is 0 Å². The Morgan fingerprint density at radius 1 is 1.57 bits per heavy atom. The standard InChI is InChI=1S/C7H4BrN3O2S/c8-7-9-5(2-14-7)3-1-4(6(12)13)11-10-3/h1-2H,(H,10,11)(H,12,13). The van der Waals surface area contributed by atoms with E-state index in [-0.39, 0.29) is 5.69 Å². The maximum atomic E-state index is 10.6. The third kappa shape index (κ3) is 1.68. The number of carboxylic acids is 1. The van der Waals surface area contributed by atoms with E-state index in [2.05, 4.69) is 31.1 Å². The Morgan fingerprint density at radius 2 is 2.36 bits per heavy atom. The van der Waals surface area contributed by atoms with Gasteiger partial charge >= 0.3 is 5.97 Å². The largest absolute Gasteiger partial charge is 0.477 e. The number of halogens is 1. The summed E-state index contributed by atoms with van der Waals surface area (Å²) < 4.78 is 0.743. The first-order chi connectivity index (χ1) is 6.66. The predicted molar refractivity (Wildman–Crippen MR) is 54.4 cm³/mol. The molecule has 0 aliphatic rings. The van der Waals surface area contributed by atoms with Crippen LogP contribution in [0.2, 0.25) is 0 Å². The van der Waals surface area contributed by atoms with E-state index in [0.717, 1.165) is 3.92 Å². The second kappa shape index (κ2) is 3.50. The van der Waals surface area contributed by atoms with Crippen molar-refractivity contribution in [1.82, 2.24) is 15.2 Å². The third-order valence-electron chi connectivity index (χ3n) is 1.55. The maximum absolute atomic E-state index is 10.6. The second-order valence-electron chi connectivity index (χ2n) is 2.46. The molecule has 0 spiro atoms. The smallest absolute Gasteiger partial charge is 0.353 e. The molecule has 2 aromatic heterocycles. The molecule has 0 aromatic carbocycles. The zero-order valence-electron chi connectivity index (χ0n) is 6.69. The Kier molecular flexibility index (Phi) is 2.34. The molecular formula is C7H4BrN3O2S. The van der Waals surface area contributed by atoms with E-state index in [1.54, 1.807) is 5.38 Å². The quantitative estimate of drug-likeness (QED) is 0.877. The molecule has 5 nitrogen and oxygen atoms in total. The van der Waals surface area contributed by atoms with Gasteiger partial charge in [0.15, 0.2) is 3.92 Å². The van der Waals surface area contributed by atoms with Gasteiger partial charge in [-0.1, -0.05) is 0 Å². The molecule has 2 rings (SSSR count). The van der Waals surface area contributed by atoms with Gasteiger partial charge in [-0.2, -0.15) is 5.10 Å². The van der Waals surface area contributed by atoms with E-state index in [0.29, 0.717) is 11.4 Å². The van der Waals surface area contributed by atoms with Gasteiger partial charge in [-0.15, -0.1) is 11.3 Å². The van der Waals surface area contributed by atoms with Crippen molar-refractivity contribution < 1.29 is 9.90 Å². The number of carbonyl (C=O) groups is 1. The molecule has 0 aliphatic carbocycles. The lowest BCUT2D eigenvalue weighted by atomic mass is 10.3. The van der Waals surface area contributed by atoms with Crippen LogP contribution in [0.5, 0.6) is 0 Å². The molecule has 2 aromatic rings. The minimum Gasteiger partial charge on any atom is -0.477 e. The summed E-state index contributed by atoms with van der Waals surface area (Å²) in [6, 6.07) is 1.45. The fourth-order valence-electron chi connectivity index (χ4n) is 0.932. The van der Waals surface area contributed by atoms with Gasteiger partial charge in [0, 0.05) is 11.4 Å². The molecule has 2 N–H and O–H groups in total. The van der Waals surface area contributed by atoms with Crippen molar-refractivity contribution in [3.63, 3.8) is 0 Å². The number of rotatable bonds is 2. The van der Waals surface area contributed by atoms with Crippen LogP contribution in [0.15, 0.2) is 15.4 Å². The Labute approximate surface area is 90.9 Å². The van der Waals surface area contributed by atoms with Gasteiger partial charge < -0.3 is 5.11 Å². The molecule has 72 valence electrons. The lowest BCUT2D eigenvalue weighted by Crippen LogP contribution is -1.95. The van der Waals surface area contributed by atoms with Gasteiger partial charge in [0.25, 0.3) is 0 Å². The lowest BCUT2D eigenvalue weighted by Gasteiger charge is -1.83. The van der Waals surface area contributed by atoms with Crippen LogP contribution in [0.4, 0.5) is 0 Å². The minimum atomic E-state index is -1.03. The number of carboxylic acid groups (broad SMARTS) is 1. The van der Waals surface area contributed by atoms with E-state index in [1.165, 1.54) is 17.4 Å². The number of aromatic carboxylic acids is 1. The van der Waals surface area contributed by atoms with Crippen LogP contribution in [-0.4, -0.2) is 26.3 Å². The van der Waals surface area contributed by atoms with Crippen molar-refractivity contribution >= 4 is 33.2 Å². The van der Waals surface area contributed by atoms with Crippen LogP contribution in [-0.2, 0) is 0 Å². The van der Waals surface area contributed by atoms with Gasteiger partial charge in [-0.25, -0.2) is 9.78 Å². The molecule has 0 radical (unpaired) electrons. The molecule has 2 heterocycles. The number of hydrogen-bond donors (Lipinski definition) is 2. The van der Waals surface area contributed by atoms with E-state index < -0.39 is 5.97 Å². The van der Waals surface area contributed by atoms with Gasteiger partial charge in [0.1, 0.15) is 17.1 Å².